The van der Waals surface area contributed by atoms with Crippen molar-refractivity contribution in [1.29, 1.82) is 0 Å². The van der Waals surface area contributed by atoms with Gasteiger partial charge in [0.2, 0.25) is 11.0 Å². The van der Waals surface area contributed by atoms with E-state index in [0.717, 1.165) is 22.4 Å². The first-order valence-electron chi connectivity index (χ1n) is 5.62. The highest BCUT2D eigenvalue weighted by Gasteiger charge is 2.16. The SMILES string of the molecule is C#CCNC(=O)C(C)Sc1nnc(NCCC)s1. The van der Waals surface area contributed by atoms with Crippen molar-refractivity contribution in [3.8, 4) is 12.3 Å². The zero-order valence-corrected chi connectivity index (χ0v) is 12.0. The molecule has 0 radical (unpaired) electrons. The smallest absolute Gasteiger partial charge is 0.234 e. The fourth-order valence-corrected chi connectivity index (χ4v) is 2.99. The number of terminal acetylenes is 1. The average molecular weight is 284 g/mol. The number of amides is 1. The van der Waals surface area contributed by atoms with E-state index in [2.05, 4.69) is 33.7 Å². The number of aromatic nitrogens is 2. The molecule has 1 atom stereocenters. The van der Waals surface area contributed by atoms with Crippen molar-refractivity contribution in [2.45, 2.75) is 29.9 Å². The van der Waals surface area contributed by atoms with Gasteiger partial charge in [0.1, 0.15) is 0 Å². The minimum absolute atomic E-state index is 0.0868. The topological polar surface area (TPSA) is 66.9 Å². The molecule has 2 N–H and O–H groups in total. The van der Waals surface area contributed by atoms with E-state index < -0.39 is 0 Å². The number of hydrogen-bond donors (Lipinski definition) is 2. The van der Waals surface area contributed by atoms with Gasteiger partial charge >= 0.3 is 0 Å². The lowest BCUT2D eigenvalue weighted by atomic mass is 10.4. The van der Waals surface area contributed by atoms with Crippen molar-refractivity contribution < 1.29 is 4.79 Å². The quantitative estimate of drug-likeness (QED) is 0.588. The second-order valence-corrected chi connectivity index (χ2v) is 6.05. The average Bonchev–Trinajstić information content (AvgIpc) is 2.80. The number of nitrogens with one attached hydrogen (secondary N) is 2. The van der Waals surface area contributed by atoms with Gasteiger partial charge in [-0.3, -0.25) is 4.79 Å². The summed E-state index contributed by atoms with van der Waals surface area (Å²) in [4.78, 5) is 11.6. The van der Waals surface area contributed by atoms with Crippen LogP contribution in [-0.4, -0.2) is 34.4 Å². The van der Waals surface area contributed by atoms with E-state index in [4.69, 9.17) is 6.42 Å². The zero-order valence-electron chi connectivity index (χ0n) is 10.4. The molecule has 1 aromatic heterocycles. The molecule has 0 saturated carbocycles. The number of thioether (sulfide) groups is 1. The fourth-order valence-electron chi connectivity index (χ4n) is 1.05. The highest BCUT2D eigenvalue weighted by molar-refractivity contribution is 8.02. The van der Waals surface area contributed by atoms with Gasteiger partial charge < -0.3 is 10.6 Å². The molecule has 0 aromatic carbocycles. The van der Waals surface area contributed by atoms with Crippen LogP contribution in [0.1, 0.15) is 20.3 Å². The molecule has 7 heteroatoms. The summed E-state index contributed by atoms with van der Waals surface area (Å²) < 4.78 is 0.775. The summed E-state index contributed by atoms with van der Waals surface area (Å²) in [6, 6.07) is 0. The van der Waals surface area contributed by atoms with Crippen molar-refractivity contribution in [3.63, 3.8) is 0 Å². The maximum absolute atomic E-state index is 11.6. The third-order valence-electron chi connectivity index (χ3n) is 1.94. The Morgan fingerprint density at radius 3 is 3.06 bits per heavy atom. The minimum Gasteiger partial charge on any atom is -0.360 e. The summed E-state index contributed by atoms with van der Waals surface area (Å²) in [5.41, 5.74) is 0. The van der Waals surface area contributed by atoms with E-state index in [1.54, 1.807) is 0 Å². The Bertz CT molecular complexity index is 427. The number of anilines is 1. The van der Waals surface area contributed by atoms with E-state index in [1.807, 2.05) is 6.92 Å². The molecule has 18 heavy (non-hydrogen) atoms. The van der Waals surface area contributed by atoms with E-state index in [0.29, 0.717) is 0 Å². The lowest BCUT2D eigenvalue weighted by Crippen LogP contribution is -2.30. The monoisotopic (exact) mass is 284 g/mol. The predicted molar refractivity (Wildman–Crippen MR) is 75.9 cm³/mol. The van der Waals surface area contributed by atoms with Gasteiger partial charge in [-0.2, -0.15) is 0 Å². The van der Waals surface area contributed by atoms with E-state index in [1.165, 1.54) is 23.1 Å². The Balaban J connectivity index is 2.44. The molecule has 1 unspecified atom stereocenters. The Labute approximate surface area is 115 Å². The van der Waals surface area contributed by atoms with Crippen molar-refractivity contribution in [2.75, 3.05) is 18.4 Å². The summed E-state index contributed by atoms with van der Waals surface area (Å²) in [6.45, 7) is 5.03. The summed E-state index contributed by atoms with van der Waals surface area (Å²) in [5.74, 6) is 2.28. The number of hydrogen-bond acceptors (Lipinski definition) is 6. The standard InChI is InChI=1S/C11H16N4OS2/c1-4-6-12-9(16)8(3)17-11-15-14-10(18-11)13-7-5-2/h1,8H,5-7H2,2-3H3,(H,12,16)(H,13,14). The second kappa shape index (κ2) is 7.95. The number of nitrogens with zero attached hydrogens (tertiary/aromatic N) is 2. The van der Waals surface area contributed by atoms with Gasteiger partial charge in [-0.1, -0.05) is 35.9 Å². The predicted octanol–water partition coefficient (Wildman–Crippen LogP) is 1.59. The Morgan fingerprint density at radius 1 is 1.61 bits per heavy atom. The summed E-state index contributed by atoms with van der Waals surface area (Å²) in [7, 11) is 0. The lowest BCUT2D eigenvalue weighted by molar-refractivity contribution is -0.120. The molecule has 0 fully saturated rings. The highest BCUT2D eigenvalue weighted by Crippen LogP contribution is 2.28. The van der Waals surface area contributed by atoms with E-state index in [9.17, 15) is 4.79 Å². The Morgan fingerprint density at radius 2 is 2.39 bits per heavy atom. The third kappa shape index (κ3) is 4.94. The molecule has 5 nitrogen and oxygen atoms in total. The van der Waals surface area contributed by atoms with Crippen LogP contribution in [0.25, 0.3) is 0 Å². The van der Waals surface area contributed by atoms with Crippen LogP contribution in [-0.2, 0) is 4.79 Å². The van der Waals surface area contributed by atoms with Gasteiger partial charge in [0, 0.05) is 6.54 Å². The van der Waals surface area contributed by atoms with Gasteiger partial charge in [0.25, 0.3) is 0 Å². The van der Waals surface area contributed by atoms with Crippen LogP contribution in [0, 0.1) is 12.3 Å². The van der Waals surface area contributed by atoms with E-state index >= 15 is 0 Å². The molecular weight excluding hydrogens is 268 g/mol. The fraction of sp³-hybridized carbons (Fsp3) is 0.545. The maximum atomic E-state index is 11.6. The van der Waals surface area contributed by atoms with Crippen LogP contribution in [0.2, 0.25) is 0 Å². The summed E-state index contributed by atoms with van der Waals surface area (Å²) in [5, 5.41) is 14.4. The zero-order chi connectivity index (χ0) is 13.4. The van der Waals surface area contributed by atoms with Crippen LogP contribution in [0.15, 0.2) is 4.34 Å². The van der Waals surface area contributed by atoms with Crippen LogP contribution in [0.5, 0.6) is 0 Å². The summed E-state index contributed by atoms with van der Waals surface area (Å²) >= 11 is 2.83. The second-order valence-electron chi connectivity index (χ2n) is 3.48. The lowest BCUT2D eigenvalue weighted by Gasteiger charge is -2.07. The number of carbonyl (C=O) groups is 1. The first kappa shape index (κ1) is 14.8. The van der Waals surface area contributed by atoms with Crippen LogP contribution in [0.3, 0.4) is 0 Å². The minimum atomic E-state index is -0.231. The first-order chi connectivity index (χ1) is 8.67. The molecule has 1 aromatic rings. The normalized spacial score (nSPS) is 11.6. The van der Waals surface area contributed by atoms with Gasteiger partial charge in [0.05, 0.1) is 11.8 Å². The number of rotatable bonds is 7. The molecular formula is C11H16N4OS2. The molecule has 0 saturated heterocycles. The Kier molecular flexibility index (Phi) is 6.54. The molecule has 0 spiro atoms. The third-order valence-corrected chi connectivity index (χ3v) is 4.01. The van der Waals surface area contributed by atoms with Crippen LogP contribution >= 0.6 is 23.1 Å². The largest absolute Gasteiger partial charge is 0.360 e. The molecule has 0 aliphatic carbocycles. The van der Waals surface area contributed by atoms with Crippen LogP contribution in [0.4, 0.5) is 5.13 Å². The number of carbonyl (C=O) groups excluding carboxylic acids is 1. The molecule has 0 aliphatic rings. The molecule has 0 aliphatic heterocycles. The van der Waals surface area contributed by atoms with Crippen molar-refractivity contribution in [1.82, 2.24) is 15.5 Å². The first-order valence-corrected chi connectivity index (χ1v) is 7.32. The summed E-state index contributed by atoms with van der Waals surface area (Å²) in [6.07, 6.45) is 6.11. The molecule has 0 bridgehead atoms. The van der Waals surface area contributed by atoms with E-state index in [-0.39, 0.29) is 17.7 Å². The Hall–Kier alpha value is -1.26. The van der Waals surface area contributed by atoms with Crippen molar-refractivity contribution in [3.05, 3.63) is 0 Å². The van der Waals surface area contributed by atoms with Crippen LogP contribution < -0.4 is 10.6 Å². The van der Waals surface area contributed by atoms with Crippen molar-refractivity contribution >= 4 is 34.1 Å². The van der Waals surface area contributed by atoms with Gasteiger partial charge in [-0.25, -0.2) is 0 Å². The van der Waals surface area contributed by atoms with Gasteiger partial charge in [-0.05, 0) is 13.3 Å². The molecule has 1 heterocycles. The molecule has 1 rings (SSSR count). The van der Waals surface area contributed by atoms with Gasteiger partial charge in [-0.15, -0.1) is 16.6 Å². The van der Waals surface area contributed by atoms with Crippen molar-refractivity contribution in [2.24, 2.45) is 0 Å². The molecule has 1 amide bonds. The highest BCUT2D eigenvalue weighted by atomic mass is 32.2. The van der Waals surface area contributed by atoms with Gasteiger partial charge in [0.15, 0.2) is 4.34 Å². The maximum Gasteiger partial charge on any atom is 0.234 e. The molecule has 98 valence electrons.